The second-order valence-electron chi connectivity index (χ2n) is 8.02. The zero-order valence-electron chi connectivity index (χ0n) is 19.7. The fraction of sp³-hybridized carbons (Fsp3) is 0. The quantitative estimate of drug-likeness (QED) is 0.235. The fourth-order valence-corrected chi connectivity index (χ4v) is 5.98. The first-order chi connectivity index (χ1) is 19.3. The van der Waals surface area contributed by atoms with E-state index >= 15 is 4.39 Å². The summed E-state index contributed by atoms with van der Waals surface area (Å²) in [5.41, 5.74) is 0.335. The van der Waals surface area contributed by atoms with Crippen LogP contribution in [-0.2, 0) is 10.0 Å². The van der Waals surface area contributed by atoms with Gasteiger partial charge in [-0.1, -0.05) is 28.9 Å². The van der Waals surface area contributed by atoms with Gasteiger partial charge in [0, 0.05) is 5.38 Å². The first-order valence-electron chi connectivity index (χ1n) is 11.2. The van der Waals surface area contributed by atoms with Gasteiger partial charge < -0.3 is 9.84 Å². The molecule has 0 aliphatic carbocycles. The van der Waals surface area contributed by atoms with Gasteiger partial charge in [-0.15, -0.1) is 11.3 Å². The van der Waals surface area contributed by atoms with Crippen LogP contribution in [0, 0.1) is 11.6 Å². The Kier molecular flexibility index (Phi) is 6.53. The average Bonchev–Trinajstić information content (AvgIpc) is 3.65. The van der Waals surface area contributed by atoms with Crippen molar-refractivity contribution in [3.05, 3.63) is 83.3 Å². The normalized spacial score (nSPS) is 11.6. The Morgan fingerprint density at radius 3 is 2.60 bits per heavy atom. The number of rotatable bonds is 7. The smallest absolute Gasteiger partial charge is 0.263 e. The zero-order chi connectivity index (χ0) is 27.9. The first-order valence-corrected chi connectivity index (χ1v) is 13.9. The lowest BCUT2D eigenvalue weighted by Gasteiger charge is -2.14. The molecule has 0 fully saturated rings. The second kappa shape index (κ2) is 10.2. The lowest BCUT2D eigenvalue weighted by Crippen LogP contribution is -2.15. The van der Waals surface area contributed by atoms with Crippen LogP contribution in [-0.4, -0.2) is 38.5 Å². The Hall–Kier alpha value is -4.60. The molecule has 0 unspecified atom stereocenters. The van der Waals surface area contributed by atoms with Crippen LogP contribution in [0.15, 0.2) is 76.1 Å². The summed E-state index contributed by atoms with van der Waals surface area (Å²) in [4.78, 5) is 21.0. The number of hydrogen-bond donors (Lipinski definition) is 2. The van der Waals surface area contributed by atoms with Gasteiger partial charge in [0.15, 0.2) is 16.6 Å². The molecule has 0 spiro atoms. The van der Waals surface area contributed by atoms with Gasteiger partial charge in [-0.3, -0.25) is 4.72 Å². The fourth-order valence-electron chi connectivity index (χ4n) is 3.66. The van der Waals surface area contributed by atoms with Crippen molar-refractivity contribution in [1.82, 2.24) is 30.1 Å². The molecule has 0 radical (unpaired) electrons. The molecule has 0 atom stereocenters. The number of nitrogens with one attached hydrogen (secondary N) is 2. The molecule has 4 aromatic heterocycles. The first kappa shape index (κ1) is 25.7. The summed E-state index contributed by atoms with van der Waals surface area (Å²) < 4.78 is 62.8. The molecule has 4 heterocycles. The maximum atomic E-state index is 15.5. The minimum absolute atomic E-state index is 0.0237. The predicted octanol–water partition coefficient (Wildman–Crippen LogP) is 5.67. The van der Waals surface area contributed by atoms with E-state index in [0.717, 1.165) is 12.1 Å². The van der Waals surface area contributed by atoms with Crippen LogP contribution in [0.25, 0.3) is 33.3 Å². The van der Waals surface area contributed by atoms with Crippen molar-refractivity contribution in [2.75, 3.05) is 10.0 Å². The van der Waals surface area contributed by atoms with Crippen molar-refractivity contribution in [3.63, 3.8) is 0 Å². The molecule has 40 heavy (non-hydrogen) atoms. The lowest BCUT2D eigenvalue weighted by atomic mass is 10.2. The van der Waals surface area contributed by atoms with Crippen LogP contribution in [0.4, 0.5) is 26.0 Å². The molecule has 16 heteroatoms. The summed E-state index contributed by atoms with van der Waals surface area (Å²) in [6, 6.07) is 10.9. The molecule has 6 rings (SSSR count). The maximum Gasteiger partial charge on any atom is 0.263 e. The monoisotopic (exact) mass is 598 g/mol. The predicted molar refractivity (Wildman–Crippen MR) is 144 cm³/mol. The Morgan fingerprint density at radius 1 is 0.950 bits per heavy atom. The molecule has 0 bridgehead atoms. The molecular weight excluding hydrogens is 586 g/mol. The number of thiazole rings is 1. The van der Waals surface area contributed by atoms with Gasteiger partial charge in [0.05, 0.1) is 21.9 Å². The summed E-state index contributed by atoms with van der Waals surface area (Å²) in [5, 5.41) is 8.54. The molecule has 0 saturated carbocycles. The number of hydrogen-bond acceptors (Lipinski definition) is 11. The zero-order valence-corrected chi connectivity index (χ0v) is 22.1. The number of pyridine rings is 1. The number of halogens is 3. The number of benzene rings is 2. The van der Waals surface area contributed by atoms with E-state index in [2.05, 4.69) is 40.1 Å². The SMILES string of the molecule is O=S(=O)(Nc1ccc(F)c(Nc2ncnc3ccc(-c4csc(-c5ncon5)n4)nc23)c1F)c1ccccc1Cl. The molecule has 6 aromatic rings. The number of sulfonamides is 1. The molecule has 2 N–H and O–H groups in total. The van der Waals surface area contributed by atoms with Gasteiger partial charge in [0.2, 0.25) is 12.2 Å². The third-order valence-corrected chi connectivity index (χ3v) is 8.21. The number of anilines is 3. The highest BCUT2D eigenvalue weighted by atomic mass is 35.5. The standard InChI is InChI=1S/C24H13ClF2N8O3S2/c25-12-3-1-2-4-18(12)40(36,37)35-15-6-5-13(26)20(19(15)27)33-22-21-16(28-10-29-22)8-7-14(31-21)17-9-39-24(32-17)23-30-11-38-34-23/h1-11,35H,(H,28,29,33). The van der Waals surface area contributed by atoms with Gasteiger partial charge in [-0.2, -0.15) is 4.98 Å². The van der Waals surface area contributed by atoms with Gasteiger partial charge >= 0.3 is 0 Å². The van der Waals surface area contributed by atoms with Gasteiger partial charge in [-0.25, -0.2) is 37.1 Å². The van der Waals surface area contributed by atoms with Crippen LogP contribution in [0.3, 0.4) is 0 Å². The number of aromatic nitrogens is 6. The third-order valence-electron chi connectivity index (χ3n) is 5.51. The average molecular weight is 599 g/mol. The van der Waals surface area contributed by atoms with Crippen LogP contribution in [0.1, 0.15) is 0 Å². The molecule has 2 aromatic carbocycles. The van der Waals surface area contributed by atoms with Gasteiger partial charge in [-0.05, 0) is 36.4 Å². The molecule has 0 aliphatic heterocycles. The molecular formula is C24H13ClF2N8O3S2. The van der Waals surface area contributed by atoms with Crippen molar-refractivity contribution in [2.45, 2.75) is 4.90 Å². The Labute approximate surface area is 233 Å². The van der Waals surface area contributed by atoms with Crippen molar-refractivity contribution in [1.29, 1.82) is 0 Å². The summed E-state index contributed by atoms with van der Waals surface area (Å²) >= 11 is 7.27. The topological polar surface area (TPSA) is 149 Å². The minimum Gasteiger partial charge on any atom is -0.342 e. The number of fused-ring (bicyclic) bond motifs is 1. The summed E-state index contributed by atoms with van der Waals surface area (Å²) in [6.07, 6.45) is 2.39. The van der Waals surface area contributed by atoms with E-state index in [0.29, 0.717) is 27.7 Å². The van der Waals surface area contributed by atoms with Crippen molar-refractivity contribution in [3.8, 4) is 22.2 Å². The highest BCUT2D eigenvalue weighted by Gasteiger charge is 2.23. The second-order valence-corrected chi connectivity index (χ2v) is 10.9. The van der Waals surface area contributed by atoms with E-state index in [1.54, 1.807) is 23.6 Å². The largest absolute Gasteiger partial charge is 0.342 e. The molecule has 0 amide bonds. The van der Waals surface area contributed by atoms with Crippen LogP contribution < -0.4 is 10.0 Å². The highest BCUT2D eigenvalue weighted by Crippen LogP contribution is 2.33. The summed E-state index contributed by atoms with van der Waals surface area (Å²) in [6.45, 7) is 0. The van der Waals surface area contributed by atoms with Crippen LogP contribution in [0.2, 0.25) is 5.02 Å². The third kappa shape index (κ3) is 4.81. The van der Waals surface area contributed by atoms with Crippen molar-refractivity contribution < 1.29 is 21.7 Å². The van der Waals surface area contributed by atoms with E-state index in [4.69, 9.17) is 16.1 Å². The van der Waals surface area contributed by atoms with Crippen LogP contribution >= 0.6 is 22.9 Å². The minimum atomic E-state index is -4.29. The van der Waals surface area contributed by atoms with E-state index in [-0.39, 0.29) is 21.3 Å². The Balaban J connectivity index is 1.35. The molecule has 200 valence electrons. The van der Waals surface area contributed by atoms with Crippen LogP contribution in [0.5, 0.6) is 0 Å². The van der Waals surface area contributed by atoms with Gasteiger partial charge in [0.25, 0.3) is 10.0 Å². The van der Waals surface area contributed by atoms with E-state index in [1.165, 1.54) is 42.3 Å². The maximum absolute atomic E-state index is 15.5. The van der Waals surface area contributed by atoms with Crippen molar-refractivity contribution >= 4 is 61.2 Å². The summed E-state index contributed by atoms with van der Waals surface area (Å²) in [5.74, 6) is -1.91. The van der Waals surface area contributed by atoms with Crippen molar-refractivity contribution in [2.24, 2.45) is 0 Å². The Bertz CT molecular complexity index is 1990. The lowest BCUT2D eigenvalue weighted by molar-refractivity contribution is 0.418. The molecule has 11 nitrogen and oxygen atoms in total. The number of nitrogens with zero attached hydrogens (tertiary/aromatic N) is 6. The van der Waals surface area contributed by atoms with E-state index < -0.39 is 33.0 Å². The van der Waals surface area contributed by atoms with E-state index in [1.807, 2.05) is 0 Å². The molecule has 0 aliphatic rings. The Morgan fingerprint density at radius 2 is 1.80 bits per heavy atom. The molecule has 0 saturated heterocycles. The van der Waals surface area contributed by atoms with E-state index in [9.17, 15) is 12.8 Å². The highest BCUT2D eigenvalue weighted by molar-refractivity contribution is 7.92. The van der Waals surface area contributed by atoms with Gasteiger partial charge in [0.1, 0.15) is 33.9 Å². The summed E-state index contributed by atoms with van der Waals surface area (Å²) in [7, 11) is -4.29.